The molecule has 2 aromatic heterocycles. The summed E-state index contributed by atoms with van der Waals surface area (Å²) in [5.74, 6) is 0.506. The Labute approximate surface area is 167 Å². The van der Waals surface area contributed by atoms with Crippen molar-refractivity contribution >= 4 is 5.91 Å². The van der Waals surface area contributed by atoms with Crippen molar-refractivity contribution in [3.8, 4) is 0 Å². The second-order valence-corrected chi connectivity index (χ2v) is 8.59. The van der Waals surface area contributed by atoms with Crippen molar-refractivity contribution in [2.45, 2.75) is 71.6 Å². The Balaban J connectivity index is 1.56. The quantitative estimate of drug-likeness (QED) is 0.835. The summed E-state index contributed by atoms with van der Waals surface area (Å²) >= 11 is 0. The molecule has 4 rings (SSSR count). The molecule has 28 heavy (non-hydrogen) atoms. The van der Waals surface area contributed by atoms with Gasteiger partial charge in [0.1, 0.15) is 0 Å². The first-order chi connectivity index (χ1) is 13.6. The van der Waals surface area contributed by atoms with Crippen LogP contribution in [0, 0.1) is 5.92 Å². The first-order valence-corrected chi connectivity index (χ1v) is 10.6. The van der Waals surface area contributed by atoms with Crippen LogP contribution in [0.15, 0.2) is 24.4 Å². The fourth-order valence-corrected chi connectivity index (χ4v) is 4.41. The van der Waals surface area contributed by atoms with Crippen molar-refractivity contribution in [1.82, 2.24) is 25.0 Å². The number of nitrogens with zero attached hydrogens (tertiary/aromatic N) is 4. The van der Waals surface area contributed by atoms with E-state index >= 15 is 0 Å². The van der Waals surface area contributed by atoms with E-state index in [9.17, 15) is 4.79 Å². The van der Waals surface area contributed by atoms with Gasteiger partial charge in [0.25, 0.3) is 5.91 Å². The Kier molecular flexibility index (Phi) is 5.76. The molecule has 0 atom stereocenters. The molecule has 2 aliphatic rings. The lowest BCUT2D eigenvalue weighted by molar-refractivity contribution is 0.0929. The van der Waals surface area contributed by atoms with Crippen LogP contribution in [0.3, 0.4) is 0 Å². The van der Waals surface area contributed by atoms with Crippen LogP contribution in [0.1, 0.15) is 67.0 Å². The summed E-state index contributed by atoms with van der Waals surface area (Å²) in [6.45, 7) is 7.79. The van der Waals surface area contributed by atoms with Crippen molar-refractivity contribution in [2.75, 3.05) is 6.54 Å². The second kappa shape index (κ2) is 8.43. The molecule has 0 saturated heterocycles. The molecule has 6 nitrogen and oxygen atoms in total. The number of pyridine rings is 1. The van der Waals surface area contributed by atoms with Gasteiger partial charge in [0, 0.05) is 56.1 Å². The van der Waals surface area contributed by atoms with E-state index in [4.69, 9.17) is 5.10 Å². The largest absolute Gasteiger partial charge is 0.348 e. The third-order valence-electron chi connectivity index (χ3n) is 5.77. The highest BCUT2D eigenvalue weighted by atomic mass is 16.2. The number of rotatable bonds is 6. The van der Waals surface area contributed by atoms with Crippen molar-refractivity contribution in [3.63, 3.8) is 0 Å². The van der Waals surface area contributed by atoms with E-state index < -0.39 is 0 Å². The van der Waals surface area contributed by atoms with Crippen LogP contribution in [0.25, 0.3) is 0 Å². The molecule has 0 bridgehead atoms. The first kappa shape index (κ1) is 19.1. The molecule has 2 aromatic rings. The zero-order chi connectivity index (χ0) is 19.5. The van der Waals surface area contributed by atoms with Crippen molar-refractivity contribution in [2.24, 2.45) is 5.92 Å². The summed E-state index contributed by atoms with van der Waals surface area (Å²) in [6.07, 6.45) is 7.37. The van der Waals surface area contributed by atoms with E-state index in [1.807, 2.05) is 18.3 Å². The smallest absolute Gasteiger partial charge is 0.272 e. The van der Waals surface area contributed by atoms with Gasteiger partial charge in [-0.25, -0.2) is 0 Å². The Hall–Kier alpha value is -2.21. The third-order valence-corrected chi connectivity index (χ3v) is 5.77. The van der Waals surface area contributed by atoms with Crippen LogP contribution in [0.4, 0.5) is 0 Å². The maximum Gasteiger partial charge on any atom is 0.272 e. The van der Waals surface area contributed by atoms with Crippen molar-refractivity contribution < 1.29 is 4.79 Å². The van der Waals surface area contributed by atoms with Gasteiger partial charge in [0.05, 0.1) is 5.69 Å². The minimum Gasteiger partial charge on any atom is -0.348 e. The number of carbonyl (C=O) groups excluding carboxylic acids is 1. The van der Waals surface area contributed by atoms with Crippen LogP contribution in [0.2, 0.25) is 0 Å². The highest BCUT2D eigenvalue weighted by Gasteiger charge is 2.29. The lowest BCUT2D eigenvalue weighted by atomic mass is 10.0. The molecule has 150 valence electrons. The molecule has 1 amide bonds. The van der Waals surface area contributed by atoms with Crippen LogP contribution in [0.5, 0.6) is 0 Å². The third kappa shape index (κ3) is 4.27. The Morgan fingerprint density at radius 1 is 1.29 bits per heavy atom. The van der Waals surface area contributed by atoms with Gasteiger partial charge in [-0.2, -0.15) is 5.10 Å². The molecular weight excluding hydrogens is 350 g/mol. The zero-order valence-corrected chi connectivity index (χ0v) is 17.0. The van der Waals surface area contributed by atoms with E-state index in [0.717, 1.165) is 56.7 Å². The van der Waals surface area contributed by atoms with Crippen LogP contribution in [-0.2, 0) is 26.1 Å². The Morgan fingerprint density at radius 2 is 2.11 bits per heavy atom. The SMILES string of the molecule is CC(C)Cn1nc(C(=O)NC2CCCC2)c2c1CCN(Cc1ccccn1)C2. The van der Waals surface area contributed by atoms with Gasteiger partial charge in [-0.15, -0.1) is 0 Å². The molecule has 6 heteroatoms. The molecule has 1 aliphatic heterocycles. The normalized spacial score (nSPS) is 17.8. The monoisotopic (exact) mass is 381 g/mol. The summed E-state index contributed by atoms with van der Waals surface area (Å²) in [7, 11) is 0. The van der Waals surface area contributed by atoms with Crippen LogP contribution < -0.4 is 5.32 Å². The molecular formula is C22H31N5O. The zero-order valence-electron chi connectivity index (χ0n) is 17.0. The predicted octanol–water partition coefficient (Wildman–Crippen LogP) is 3.16. The molecule has 1 aliphatic carbocycles. The molecule has 1 saturated carbocycles. The number of amides is 1. The fraction of sp³-hybridized carbons (Fsp3) is 0.591. The summed E-state index contributed by atoms with van der Waals surface area (Å²) < 4.78 is 2.08. The highest BCUT2D eigenvalue weighted by Crippen LogP contribution is 2.25. The standard InChI is InChI=1S/C22H31N5O/c1-16(2)13-27-20-10-12-26(14-18-9-5-6-11-23-18)15-19(20)21(25-27)22(28)24-17-7-3-4-8-17/h5-6,9,11,16-17H,3-4,7-8,10,12-15H2,1-2H3,(H,24,28). The molecule has 0 radical (unpaired) electrons. The van der Waals surface area contributed by atoms with Gasteiger partial charge in [-0.1, -0.05) is 32.8 Å². The minimum absolute atomic E-state index is 0.00495. The predicted molar refractivity (Wildman–Crippen MR) is 109 cm³/mol. The number of hydrogen-bond acceptors (Lipinski definition) is 4. The van der Waals surface area contributed by atoms with Gasteiger partial charge in [0.2, 0.25) is 0 Å². The van der Waals surface area contributed by atoms with Crippen molar-refractivity contribution in [1.29, 1.82) is 0 Å². The van der Waals surface area contributed by atoms with Gasteiger partial charge in [-0.05, 0) is 30.9 Å². The average Bonchev–Trinajstić information content (AvgIpc) is 3.30. The van der Waals surface area contributed by atoms with Crippen LogP contribution >= 0.6 is 0 Å². The summed E-state index contributed by atoms with van der Waals surface area (Å²) in [5.41, 5.74) is 4.05. The van der Waals surface area contributed by atoms with E-state index in [-0.39, 0.29) is 5.91 Å². The maximum absolute atomic E-state index is 13.0. The molecule has 1 N–H and O–H groups in total. The maximum atomic E-state index is 13.0. The first-order valence-electron chi connectivity index (χ1n) is 10.6. The van der Waals surface area contributed by atoms with Gasteiger partial charge in [0.15, 0.2) is 5.69 Å². The lowest BCUT2D eigenvalue weighted by Gasteiger charge is -2.27. The summed E-state index contributed by atoms with van der Waals surface area (Å²) in [4.78, 5) is 19.8. The Morgan fingerprint density at radius 3 is 2.82 bits per heavy atom. The van der Waals surface area contributed by atoms with E-state index in [1.165, 1.54) is 18.5 Å². The molecule has 0 spiro atoms. The van der Waals surface area contributed by atoms with Crippen molar-refractivity contribution in [3.05, 3.63) is 47.0 Å². The number of hydrogen-bond donors (Lipinski definition) is 1. The highest BCUT2D eigenvalue weighted by molar-refractivity contribution is 5.94. The fourth-order valence-electron chi connectivity index (χ4n) is 4.41. The Bertz CT molecular complexity index is 808. The minimum atomic E-state index is 0.00495. The summed E-state index contributed by atoms with van der Waals surface area (Å²) in [6, 6.07) is 6.34. The van der Waals surface area contributed by atoms with Gasteiger partial charge < -0.3 is 5.32 Å². The molecule has 0 aromatic carbocycles. The topological polar surface area (TPSA) is 63.1 Å². The summed E-state index contributed by atoms with van der Waals surface area (Å²) in [5, 5.41) is 8.01. The van der Waals surface area contributed by atoms with E-state index in [0.29, 0.717) is 17.7 Å². The van der Waals surface area contributed by atoms with Gasteiger partial charge in [-0.3, -0.25) is 19.4 Å². The van der Waals surface area contributed by atoms with Crippen LogP contribution in [-0.4, -0.2) is 38.2 Å². The number of fused-ring (bicyclic) bond motifs is 1. The lowest BCUT2D eigenvalue weighted by Crippen LogP contribution is -2.35. The molecule has 3 heterocycles. The average molecular weight is 382 g/mol. The second-order valence-electron chi connectivity index (χ2n) is 8.59. The number of carbonyl (C=O) groups is 1. The number of aromatic nitrogens is 3. The van der Waals surface area contributed by atoms with E-state index in [1.54, 1.807) is 0 Å². The molecule has 1 fully saturated rings. The van der Waals surface area contributed by atoms with Gasteiger partial charge >= 0.3 is 0 Å². The van der Waals surface area contributed by atoms with E-state index in [2.05, 4.69) is 39.8 Å². The molecule has 0 unspecified atom stereocenters. The number of nitrogens with one attached hydrogen (secondary N) is 1.